The van der Waals surface area contributed by atoms with Gasteiger partial charge in [0.15, 0.2) is 5.17 Å². The van der Waals surface area contributed by atoms with E-state index in [0.717, 1.165) is 41.1 Å². The van der Waals surface area contributed by atoms with E-state index in [-0.39, 0.29) is 0 Å². The van der Waals surface area contributed by atoms with E-state index < -0.39 is 0 Å². The molecule has 1 aromatic carbocycles. The fourth-order valence-corrected chi connectivity index (χ4v) is 2.49. The molecule has 0 unspecified atom stereocenters. The Kier molecular flexibility index (Phi) is 4.82. The molecule has 5 heteroatoms. The van der Waals surface area contributed by atoms with Gasteiger partial charge in [-0.15, -0.1) is 0 Å². The molecular weight excluding hydrogens is 250 g/mol. The molecule has 0 fully saturated rings. The van der Waals surface area contributed by atoms with Crippen LogP contribution in [-0.4, -0.2) is 22.6 Å². The number of nitrogens with one attached hydrogen (secondary N) is 2. The quantitative estimate of drug-likeness (QED) is 0.766. The lowest BCUT2D eigenvalue weighted by Crippen LogP contribution is -2.22. The molecule has 0 saturated carbocycles. The maximum atomic E-state index is 5.24. The van der Waals surface area contributed by atoms with E-state index in [4.69, 9.17) is 12.2 Å². The summed E-state index contributed by atoms with van der Waals surface area (Å²) in [6.07, 6.45) is 2.21. The van der Waals surface area contributed by atoms with Gasteiger partial charge < -0.3 is 10.6 Å². The molecule has 3 nitrogen and oxygen atoms in total. The van der Waals surface area contributed by atoms with Crippen LogP contribution in [0.15, 0.2) is 35.3 Å². The lowest BCUT2D eigenvalue weighted by molar-refractivity contribution is 0.726. The van der Waals surface area contributed by atoms with E-state index in [1.165, 1.54) is 11.8 Å². The van der Waals surface area contributed by atoms with Gasteiger partial charge in [-0.1, -0.05) is 30.4 Å². The zero-order chi connectivity index (χ0) is 11.9. The Bertz CT molecular complexity index is 403. The SMILES string of the molecule is S=C1NCCCCN=C(Nc2ccccc2)S1. The van der Waals surface area contributed by atoms with Crippen LogP contribution in [0.1, 0.15) is 12.8 Å². The Morgan fingerprint density at radius 1 is 1.24 bits per heavy atom. The second-order valence-corrected chi connectivity index (χ2v) is 5.37. The number of anilines is 1. The van der Waals surface area contributed by atoms with E-state index in [1.54, 1.807) is 0 Å². The number of benzene rings is 1. The van der Waals surface area contributed by atoms with Crippen LogP contribution >= 0.6 is 24.0 Å². The largest absolute Gasteiger partial charge is 0.371 e. The first-order chi connectivity index (χ1) is 8.34. The summed E-state index contributed by atoms with van der Waals surface area (Å²) in [6.45, 7) is 1.80. The number of para-hydroxylation sites is 1. The van der Waals surface area contributed by atoms with Gasteiger partial charge in [-0.2, -0.15) is 0 Å². The van der Waals surface area contributed by atoms with Crippen LogP contribution in [0.4, 0.5) is 5.69 Å². The molecule has 17 heavy (non-hydrogen) atoms. The molecule has 2 N–H and O–H groups in total. The third-order valence-corrected chi connectivity index (χ3v) is 3.47. The minimum absolute atomic E-state index is 0.786. The smallest absolute Gasteiger partial charge is 0.168 e. The molecule has 0 spiro atoms. The van der Waals surface area contributed by atoms with E-state index in [9.17, 15) is 0 Å². The van der Waals surface area contributed by atoms with Gasteiger partial charge in [-0.05, 0) is 36.7 Å². The Balaban J connectivity index is 2.03. The lowest BCUT2D eigenvalue weighted by Gasteiger charge is -2.09. The van der Waals surface area contributed by atoms with E-state index >= 15 is 0 Å². The molecule has 0 saturated heterocycles. The summed E-state index contributed by atoms with van der Waals surface area (Å²) in [6, 6.07) is 10.0. The van der Waals surface area contributed by atoms with Gasteiger partial charge in [-0.3, -0.25) is 4.99 Å². The average Bonchev–Trinajstić information content (AvgIpc) is 2.43. The molecule has 0 atom stereocenters. The van der Waals surface area contributed by atoms with Crippen LogP contribution in [0.25, 0.3) is 0 Å². The number of nitrogens with zero attached hydrogens (tertiary/aromatic N) is 1. The summed E-state index contributed by atoms with van der Waals surface area (Å²) in [5, 5.41) is 7.38. The van der Waals surface area contributed by atoms with Gasteiger partial charge >= 0.3 is 0 Å². The van der Waals surface area contributed by atoms with Gasteiger partial charge in [0.05, 0.1) is 0 Å². The molecule has 0 aliphatic carbocycles. The van der Waals surface area contributed by atoms with Crippen LogP contribution in [0.2, 0.25) is 0 Å². The lowest BCUT2D eigenvalue weighted by atomic mass is 10.3. The van der Waals surface area contributed by atoms with Gasteiger partial charge in [0, 0.05) is 18.8 Å². The summed E-state index contributed by atoms with van der Waals surface area (Å²) < 4.78 is 0.786. The standard InChI is InChI=1S/C12H15N3S2/c16-12-14-9-5-4-8-13-11(17-12)15-10-6-2-1-3-7-10/h1-3,6-7H,4-5,8-9H2,(H,13,15)(H,14,16). The molecule has 0 aromatic heterocycles. The number of amidine groups is 1. The molecule has 90 valence electrons. The van der Waals surface area contributed by atoms with Crippen molar-refractivity contribution in [3.05, 3.63) is 30.3 Å². The van der Waals surface area contributed by atoms with E-state index in [2.05, 4.69) is 15.6 Å². The van der Waals surface area contributed by atoms with Crippen molar-refractivity contribution in [2.45, 2.75) is 12.8 Å². The molecule has 1 aliphatic rings. The molecule has 1 heterocycles. The number of hydrogen-bond acceptors (Lipinski definition) is 4. The Hall–Kier alpha value is -1.07. The maximum absolute atomic E-state index is 5.24. The number of thioether (sulfide) groups is 1. The third-order valence-electron chi connectivity index (χ3n) is 2.32. The maximum Gasteiger partial charge on any atom is 0.168 e. The number of thiocarbonyl (C=S) groups is 1. The highest BCUT2D eigenvalue weighted by Gasteiger charge is 2.07. The van der Waals surface area contributed by atoms with E-state index in [1.807, 2.05) is 30.3 Å². The van der Waals surface area contributed by atoms with Crippen molar-refractivity contribution in [3.63, 3.8) is 0 Å². The third kappa shape index (κ3) is 4.36. The van der Waals surface area contributed by atoms with Crippen molar-refractivity contribution < 1.29 is 0 Å². The second kappa shape index (κ2) is 6.61. The van der Waals surface area contributed by atoms with Crippen molar-refractivity contribution >= 4 is 39.2 Å². The topological polar surface area (TPSA) is 36.4 Å². The van der Waals surface area contributed by atoms with Crippen LogP contribution in [0.5, 0.6) is 0 Å². The number of hydrogen-bond donors (Lipinski definition) is 2. The minimum Gasteiger partial charge on any atom is -0.371 e. The van der Waals surface area contributed by atoms with Crippen molar-refractivity contribution in [1.29, 1.82) is 0 Å². The predicted octanol–water partition coefficient (Wildman–Crippen LogP) is 2.86. The van der Waals surface area contributed by atoms with E-state index in [0.29, 0.717) is 0 Å². The molecular formula is C12H15N3S2. The Morgan fingerprint density at radius 3 is 2.88 bits per heavy atom. The van der Waals surface area contributed by atoms with Crippen LogP contribution < -0.4 is 10.6 Å². The molecule has 1 aromatic rings. The van der Waals surface area contributed by atoms with Gasteiger partial charge in [-0.25, -0.2) is 0 Å². The number of aliphatic imine (C=N–C) groups is 1. The predicted molar refractivity (Wildman–Crippen MR) is 79.8 cm³/mol. The molecule has 0 bridgehead atoms. The van der Waals surface area contributed by atoms with Crippen LogP contribution in [0, 0.1) is 0 Å². The first kappa shape index (κ1) is 12.4. The summed E-state index contributed by atoms with van der Waals surface area (Å²) in [4.78, 5) is 4.53. The Morgan fingerprint density at radius 2 is 2.06 bits per heavy atom. The number of rotatable bonds is 1. The highest BCUT2D eigenvalue weighted by molar-refractivity contribution is 8.33. The summed E-state index contributed by atoms with van der Waals surface area (Å²) in [7, 11) is 0. The first-order valence-electron chi connectivity index (χ1n) is 5.67. The summed E-state index contributed by atoms with van der Waals surface area (Å²) in [5.74, 6) is 0. The zero-order valence-corrected chi connectivity index (χ0v) is 11.1. The van der Waals surface area contributed by atoms with Crippen molar-refractivity contribution in [3.8, 4) is 0 Å². The molecule has 0 radical (unpaired) electrons. The fraction of sp³-hybridized carbons (Fsp3) is 0.333. The van der Waals surface area contributed by atoms with Crippen LogP contribution in [-0.2, 0) is 0 Å². The monoisotopic (exact) mass is 265 g/mol. The second-order valence-electron chi connectivity index (χ2n) is 3.70. The minimum atomic E-state index is 0.786. The summed E-state index contributed by atoms with van der Waals surface area (Å²) >= 11 is 6.72. The average molecular weight is 265 g/mol. The zero-order valence-electron chi connectivity index (χ0n) is 9.48. The molecule has 1 aliphatic heterocycles. The first-order valence-corrected chi connectivity index (χ1v) is 6.89. The van der Waals surface area contributed by atoms with Gasteiger partial charge in [0.25, 0.3) is 0 Å². The van der Waals surface area contributed by atoms with Crippen molar-refractivity contribution in [2.75, 3.05) is 18.4 Å². The molecule has 2 rings (SSSR count). The summed E-state index contributed by atoms with van der Waals surface area (Å²) in [5.41, 5.74) is 1.04. The van der Waals surface area contributed by atoms with Crippen molar-refractivity contribution in [1.82, 2.24) is 5.32 Å². The normalized spacial score (nSPS) is 17.2. The van der Waals surface area contributed by atoms with Gasteiger partial charge in [0.2, 0.25) is 0 Å². The highest BCUT2D eigenvalue weighted by Crippen LogP contribution is 2.13. The molecule has 0 amide bonds. The fourth-order valence-electron chi connectivity index (χ4n) is 1.47. The van der Waals surface area contributed by atoms with Crippen LogP contribution in [0.3, 0.4) is 0 Å². The van der Waals surface area contributed by atoms with Gasteiger partial charge in [0.1, 0.15) is 4.32 Å². The Labute approximate surface area is 111 Å². The van der Waals surface area contributed by atoms with Crippen molar-refractivity contribution in [2.24, 2.45) is 4.99 Å². The highest BCUT2D eigenvalue weighted by atomic mass is 32.2.